The second kappa shape index (κ2) is 10.2. The molecule has 2 atom stereocenters. The van der Waals surface area contributed by atoms with E-state index < -0.39 is 0 Å². The lowest BCUT2D eigenvalue weighted by Crippen LogP contribution is -2.27. The fraction of sp³-hybridized carbons (Fsp3) is 0.333. The minimum Gasteiger partial charge on any atom is -0.497 e. The minimum absolute atomic E-state index is 0.0774. The van der Waals surface area contributed by atoms with Crippen LogP contribution in [-0.4, -0.2) is 23.8 Å². The van der Waals surface area contributed by atoms with Crippen LogP contribution in [0.25, 0.3) is 6.08 Å². The number of Topliss-reactive ketones (excluding diaryl/α,β-unsaturated/α-hetero) is 1. The van der Waals surface area contributed by atoms with Crippen LogP contribution in [-0.2, 0) is 9.59 Å². The van der Waals surface area contributed by atoms with Gasteiger partial charge in [0.15, 0.2) is 5.78 Å². The number of ketones is 1. The predicted octanol–water partition coefficient (Wildman–Crippen LogP) is 7.11. The van der Waals surface area contributed by atoms with E-state index in [-0.39, 0.29) is 22.7 Å². The molecule has 0 aromatic heterocycles. The lowest BCUT2D eigenvalue weighted by atomic mass is 9.72. The summed E-state index contributed by atoms with van der Waals surface area (Å²) in [6, 6.07) is 16.2. The van der Waals surface area contributed by atoms with Crippen molar-refractivity contribution >= 4 is 28.7 Å². The fourth-order valence-corrected chi connectivity index (χ4v) is 5.73. The Balaban J connectivity index is 1.76. The standard InChI is InChI=1S/C30H32O3S/c1-6-34-30(32)26-19(4)15-23-17-24(16-20-7-13-25(33-5)14-8-20)29(31)28(23)27(26)22-11-9-21(10-12-22)18(2)3/h7-16,18,27-28H,6,17H2,1-5H3/b24-16-. The second-order valence-electron chi connectivity index (χ2n) is 9.30. The maximum absolute atomic E-state index is 13.8. The molecule has 0 heterocycles. The number of methoxy groups -OCH3 is 1. The summed E-state index contributed by atoms with van der Waals surface area (Å²) < 4.78 is 5.25. The van der Waals surface area contributed by atoms with Crippen molar-refractivity contribution in [3.63, 3.8) is 0 Å². The summed E-state index contributed by atoms with van der Waals surface area (Å²) >= 11 is 1.33. The third kappa shape index (κ3) is 4.69. The molecule has 2 aromatic rings. The van der Waals surface area contributed by atoms with E-state index in [1.807, 2.05) is 44.2 Å². The highest BCUT2D eigenvalue weighted by atomic mass is 32.2. The van der Waals surface area contributed by atoms with Crippen molar-refractivity contribution in [2.45, 2.75) is 46.0 Å². The SMILES string of the molecule is CCSC(=O)C1=C(C)C=C2C/C(=C/c3ccc(OC)cc3)C(=O)C2C1c1ccc(C(C)C)cc1. The topological polar surface area (TPSA) is 43.4 Å². The van der Waals surface area contributed by atoms with Gasteiger partial charge in [0.1, 0.15) is 5.75 Å². The van der Waals surface area contributed by atoms with Gasteiger partial charge in [0, 0.05) is 17.1 Å². The molecule has 2 aliphatic rings. The first kappa shape index (κ1) is 24.3. The summed E-state index contributed by atoms with van der Waals surface area (Å²) in [5, 5.41) is 0.0774. The number of fused-ring (bicyclic) bond motifs is 1. The zero-order valence-corrected chi connectivity index (χ0v) is 21.4. The van der Waals surface area contributed by atoms with Crippen LogP contribution in [0, 0.1) is 5.92 Å². The molecule has 4 heteroatoms. The van der Waals surface area contributed by atoms with Crippen LogP contribution in [0.15, 0.2) is 76.9 Å². The monoisotopic (exact) mass is 472 g/mol. The fourth-order valence-electron chi connectivity index (χ4n) is 5.03. The molecule has 0 N–H and O–H groups in total. The first-order valence-electron chi connectivity index (χ1n) is 11.9. The van der Waals surface area contributed by atoms with E-state index in [1.165, 1.54) is 17.3 Å². The van der Waals surface area contributed by atoms with E-state index in [9.17, 15) is 9.59 Å². The van der Waals surface area contributed by atoms with Gasteiger partial charge in [0.25, 0.3) is 0 Å². The van der Waals surface area contributed by atoms with Crippen molar-refractivity contribution in [2.24, 2.45) is 5.92 Å². The van der Waals surface area contributed by atoms with Crippen molar-refractivity contribution in [3.8, 4) is 5.75 Å². The van der Waals surface area contributed by atoms with Crippen LogP contribution in [0.1, 0.15) is 62.6 Å². The Morgan fingerprint density at radius 1 is 1.09 bits per heavy atom. The maximum Gasteiger partial charge on any atom is 0.216 e. The van der Waals surface area contributed by atoms with Gasteiger partial charge in [0.05, 0.1) is 13.0 Å². The van der Waals surface area contributed by atoms with Gasteiger partial charge >= 0.3 is 0 Å². The molecule has 0 spiro atoms. The van der Waals surface area contributed by atoms with Crippen LogP contribution >= 0.6 is 11.8 Å². The minimum atomic E-state index is -0.325. The Bertz CT molecular complexity index is 1180. The van der Waals surface area contributed by atoms with Gasteiger partial charge in [-0.2, -0.15) is 0 Å². The largest absolute Gasteiger partial charge is 0.497 e. The van der Waals surface area contributed by atoms with Gasteiger partial charge < -0.3 is 4.74 Å². The first-order valence-corrected chi connectivity index (χ1v) is 12.9. The van der Waals surface area contributed by atoms with E-state index in [2.05, 4.69) is 44.2 Å². The quantitative estimate of drug-likeness (QED) is 0.420. The molecular formula is C30H32O3S. The van der Waals surface area contributed by atoms with Crippen molar-refractivity contribution in [1.29, 1.82) is 0 Å². The van der Waals surface area contributed by atoms with Crippen LogP contribution in [0.3, 0.4) is 0 Å². The maximum atomic E-state index is 13.8. The summed E-state index contributed by atoms with van der Waals surface area (Å²) in [6.45, 7) is 8.34. The Morgan fingerprint density at radius 3 is 2.35 bits per heavy atom. The average molecular weight is 473 g/mol. The normalized spacial score (nSPS) is 21.2. The number of benzene rings is 2. The summed E-state index contributed by atoms with van der Waals surface area (Å²) in [4.78, 5) is 27.0. The zero-order chi connectivity index (χ0) is 24.4. The number of allylic oxidation sites excluding steroid dienone is 4. The number of ether oxygens (including phenoxy) is 1. The van der Waals surface area contributed by atoms with Gasteiger partial charge in [0.2, 0.25) is 5.12 Å². The predicted molar refractivity (Wildman–Crippen MR) is 141 cm³/mol. The molecule has 0 aliphatic heterocycles. The summed E-state index contributed by atoms with van der Waals surface area (Å²) in [6.07, 6.45) is 4.69. The molecule has 0 radical (unpaired) electrons. The number of carbonyl (C=O) groups is 2. The van der Waals surface area contributed by atoms with Crippen molar-refractivity contribution in [2.75, 3.05) is 12.9 Å². The van der Waals surface area contributed by atoms with Crippen molar-refractivity contribution in [1.82, 2.24) is 0 Å². The summed E-state index contributed by atoms with van der Waals surface area (Å²) in [7, 11) is 1.64. The molecule has 0 bridgehead atoms. The van der Waals surface area contributed by atoms with Crippen LogP contribution in [0.5, 0.6) is 5.75 Å². The van der Waals surface area contributed by atoms with Gasteiger partial charge in [-0.3, -0.25) is 9.59 Å². The van der Waals surface area contributed by atoms with Crippen LogP contribution < -0.4 is 4.74 Å². The number of thioether (sulfide) groups is 1. The summed E-state index contributed by atoms with van der Waals surface area (Å²) in [5.41, 5.74) is 6.94. The highest BCUT2D eigenvalue weighted by molar-refractivity contribution is 8.14. The molecular weight excluding hydrogens is 440 g/mol. The third-order valence-electron chi connectivity index (χ3n) is 6.78. The molecule has 2 aliphatic carbocycles. The molecule has 34 heavy (non-hydrogen) atoms. The van der Waals surface area contributed by atoms with Crippen molar-refractivity contribution in [3.05, 3.63) is 93.6 Å². The van der Waals surface area contributed by atoms with Gasteiger partial charge in [-0.25, -0.2) is 0 Å². The molecule has 1 saturated carbocycles. The van der Waals surface area contributed by atoms with E-state index in [4.69, 9.17) is 4.74 Å². The number of hydrogen-bond donors (Lipinski definition) is 0. The molecule has 1 fully saturated rings. The molecule has 2 unspecified atom stereocenters. The molecule has 0 saturated heterocycles. The van der Waals surface area contributed by atoms with E-state index in [0.717, 1.165) is 39.2 Å². The average Bonchev–Trinajstić information content (AvgIpc) is 3.13. The third-order valence-corrected chi connectivity index (χ3v) is 7.55. The lowest BCUT2D eigenvalue weighted by molar-refractivity contribution is -0.117. The molecule has 3 nitrogen and oxygen atoms in total. The van der Waals surface area contributed by atoms with Crippen LogP contribution in [0.2, 0.25) is 0 Å². The highest BCUT2D eigenvalue weighted by Gasteiger charge is 2.45. The number of carbonyl (C=O) groups excluding carboxylic acids is 2. The Labute approximate surface area is 207 Å². The molecule has 0 amide bonds. The highest BCUT2D eigenvalue weighted by Crippen LogP contribution is 2.50. The van der Waals surface area contributed by atoms with E-state index >= 15 is 0 Å². The van der Waals surface area contributed by atoms with E-state index in [1.54, 1.807) is 7.11 Å². The Kier molecular flexibility index (Phi) is 7.27. The number of hydrogen-bond acceptors (Lipinski definition) is 4. The van der Waals surface area contributed by atoms with E-state index in [0.29, 0.717) is 18.1 Å². The zero-order valence-electron chi connectivity index (χ0n) is 20.6. The van der Waals surface area contributed by atoms with Gasteiger partial charge in [-0.1, -0.05) is 80.6 Å². The Morgan fingerprint density at radius 2 is 1.76 bits per heavy atom. The second-order valence-corrected chi connectivity index (χ2v) is 10.5. The molecule has 2 aromatic carbocycles. The van der Waals surface area contributed by atoms with Gasteiger partial charge in [-0.05, 0) is 65.5 Å². The Hall–Kier alpha value is -2.85. The van der Waals surface area contributed by atoms with Crippen LogP contribution in [0.4, 0.5) is 0 Å². The van der Waals surface area contributed by atoms with Crippen molar-refractivity contribution < 1.29 is 14.3 Å². The first-order chi connectivity index (χ1) is 16.3. The molecule has 4 rings (SSSR count). The summed E-state index contributed by atoms with van der Waals surface area (Å²) in [5.74, 6) is 1.48. The lowest BCUT2D eigenvalue weighted by Gasteiger charge is -2.31. The van der Waals surface area contributed by atoms with Gasteiger partial charge in [-0.15, -0.1) is 0 Å². The smallest absolute Gasteiger partial charge is 0.216 e. The molecule has 176 valence electrons. The number of rotatable bonds is 6.